The fourth-order valence-electron chi connectivity index (χ4n) is 2.60. The number of rotatable bonds is 1. The molecule has 3 N–H and O–H groups in total. The number of ether oxygens (including phenoxy) is 2. The second kappa shape index (κ2) is 6.09. The van der Waals surface area contributed by atoms with Crippen LogP contribution in [0.3, 0.4) is 0 Å². The number of fused-ring (bicyclic) bond motifs is 3. The maximum atomic E-state index is 12.1. The van der Waals surface area contributed by atoms with E-state index in [1.807, 2.05) is 0 Å². The number of hydrogen-bond donors (Lipinski definition) is 2. The number of nitrogens with zero attached hydrogens (tertiary/aromatic N) is 4. The van der Waals surface area contributed by atoms with E-state index in [1.165, 1.54) is 35.6 Å². The van der Waals surface area contributed by atoms with E-state index in [0.29, 0.717) is 11.6 Å². The molecule has 0 spiro atoms. The van der Waals surface area contributed by atoms with Gasteiger partial charge < -0.3 is 14.9 Å². The van der Waals surface area contributed by atoms with Crippen molar-refractivity contribution in [2.24, 2.45) is 5.84 Å². The number of amides is 2. The van der Waals surface area contributed by atoms with Gasteiger partial charge in [0.05, 0.1) is 32.7 Å². The van der Waals surface area contributed by atoms with Crippen LogP contribution in [0, 0.1) is 6.92 Å². The zero-order valence-electron chi connectivity index (χ0n) is 13.3. The molecule has 24 heavy (non-hydrogen) atoms. The van der Waals surface area contributed by atoms with E-state index in [1.54, 1.807) is 6.92 Å². The second-order valence-corrected chi connectivity index (χ2v) is 6.09. The zero-order valence-corrected chi connectivity index (χ0v) is 14.1. The van der Waals surface area contributed by atoms with Crippen molar-refractivity contribution in [3.8, 4) is 0 Å². The van der Waals surface area contributed by atoms with Gasteiger partial charge in [0.15, 0.2) is 5.82 Å². The van der Waals surface area contributed by atoms with E-state index in [-0.39, 0.29) is 13.1 Å². The first-order chi connectivity index (χ1) is 11.5. The fourth-order valence-corrected chi connectivity index (χ4v) is 3.81. The Labute approximate surface area is 141 Å². The van der Waals surface area contributed by atoms with Crippen molar-refractivity contribution in [3.05, 3.63) is 16.3 Å². The van der Waals surface area contributed by atoms with Crippen LogP contribution in [0.15, 0.2) is 0 Å². The lowest BCUT2D eigenvalue weighted by molar-refractivity contribution is -0.0276. The Morgan fingerprint density at radius 1 is 1.17 bits per heavy atom. The minimum Gasteiger partial charge on any atom is -0.452 e. The smallest absolute Gasteiger partial charge is 0.429 e. The van der Waals surface area contributed by atoms with Crippen molar-refractivity contribution in [3.63, 3.8) is 0 Å². The molecule has 0 unspecified atom stereocenters. The van der Waals surface area contributed by atoms with Gasteiger partial charge in [-0.2, -0.15) is 0 Å². The van der Waals surface area contributed by atoms with Gasteiger partial charge in [-0.1, -0.05) is 0 Å². The van der Waals surface area contributed by atoms with Gasteiger partial charge in [0, 0.05) is 10.4 Å². The molecule has 1 aliphatic rings. The molecule has 0 fully saturated rings. The standard InChI is InChI=1S/C13H16N6O4S/c1-6-15-10(17-14)9-7-4-18(12(20)22-2)19(13(21)23-3)5-8(7)24-11(9)16-6/h4-5,14H2,1-3H3,(H,15,16,17). The molecule has 11 heteroatoms. The molecule has 3 rings (SSSR count). The molecule has 0 atom stereocenters. The Bertz CT molecular complexity index is 822. The van der Waals surface area contributed by atoms with Gasteiger partial charge in [-0.15, -0.1) is 11.3 Å². The summed E-state index contributed by atoms with van der Waals surface area (Å²) in [5.74, 6) is 6.62. The predicted molar refractivity (Wildman–Crippen MR) is 85.9 cm³/mol. The highest BCUT2D eigenvalue weighted by atomic mass is 32.1. The molecule has 2 aromatic heterocycles. The Morgan fingerprint density at radius 3 is 2.38 bits per heavy atom. The molecule has 128 valence electrons. The summed E-state index contributed by atoms with van der Waals surface area (Å²) in [6.45, 7) is 2.06. The number of aryl methyl sites for hydroxylation is 1. The average molecular weight is 352 g/mol. The largest absolute Gasteiger partial charge is 0.452 e. The molecule has 0 aromatic carbocycles. The number of nitrogens with one attached hydrogen (secondary N) is 1. The van der Waals surface area contributed by atoms with Crippen LogP contribution in [-0.2, 0) is 22.6 Å². The van der Waals surface area contributed by atoms with E-state index in [9.17, 15) is 9.59 Å². The van der Waals surface area contributed by atoms with Crippen LogP contribution in [0.1, 0.15) is 16.3 Å². The lowest BCUT2D eigenvalue weighted by Crippen LogP contribution is -2.51. The minimum absolute atomic E-state index is 0.123. The molecule has 0 radical (unpaired) electrons. The Kier molecular flexibility index (Phi) is 4.11. The quantitative estimate of drug-likeness (QED) is 0.582. The summed E-state index contributed by atoms with van der Waals surface area (Å²) in [5, 5.41) is 3.11. The van der Waals surface area contributed by atoms with Crippen molar-refractivity contribution >= 4 is 39.6 Å². The predicted octanol–water partition coefficient (Wildman–Crippen LogP) is 1.35. The summed E-state index contributed by atoms with van der Waals surface area (Å²) in [7, 11) is 2.50. The van der Waals surface area contributed by atoms with E-state index in [4.69, 9.17) is 15.3 Å². The molecule has 0 bridgehead atoms. The monoisotopic (exact) mass is 352 g/mol. The minimum atomic E-state index is -0.666. The molecule has 2 aromatic rings. The summed E-state index contributed by atoms with van der Waals surface area (Å²) >= 11 is 1.42. The highest BCUT2D eigenvalue weighted by molar-refractivity contribution is 7.19. The van der Waals surface area contributed by atoms with Crippen LogP contribution in [0.4, 0.5) is 15.4 Å². The number of aromatic nitrogens is 2. The molecular weight excluding hydrogens is 336 g/mol. The number of hydrogen-bond acceptors (Lipinski definition) is 9. The molecular formula is C13H16N6O4S. The zero-order chi connectivity index (χ0) is 17.4. The molecule has 10 nitrogen and oxygen atoms in total. The molecule has 0 saturated heterocycles. The first-order valence-electron chi connectivity index (χ1n) is 6.96. The van der Waals surface area contributed by atoms with Gasteiger partial charge >= 0.3 is 12.2 Å². The van der Waals surface area contributed by atoms with Gasteiger partial charge in [-0.25, -0.2) is 35.4 Å². The summed E-state index contributed by atoms with van der Waals surface area (Å²) in [6.07, 6.45) is -1.32. The van der Waals surface area contributed by atoms with Crippen LogP contribution < -0.4 is 11.3 Å². The number of thiophene rings is 1. The highest BCUT2D eigenvalue weighted by Gasteiger charge is 2.36. The van der Waals surface area contributed by atoms with E-state index < -0.39 is 12.2 Å². The first kappa shape index (κ1) is 16.2. The van der Waals surface area contributed by atoms with Crippen molar-refractivity contribution in [2.45, 2.75) is 20.0 Å². The number of nitrogens with two attached hydrogens (primary N) is 1. The number of carbonyl (C=O) groups is 2. The molecule has 1 aliphatic heterocycles. The third-order valence-electron chi connectivity index (χ3n) is 3.65. The fraction of sp³-hybridized carbons (Fsp3) is 0.385. The lowest BCUT2D eigenvalue weighted by Gasteiger charge is -2.35. The summed E-state index contributed by atoms with van der Waals surface area (Å²) in [6, 6.07) is 0. The van der Waals surface area contributed by atoms with Gasteiger partial charge in [-0.05, 0) is 6.92 Å². The molecule has 0 aliphatic carbocycles. The van der Waals surface area contributed by atoms with Crippen LogP contribution in [0.5, 0.6) is 0 Å². The van der Waals surface area contributed by atoms with Crippen LogP contribution in [0.2, 0.25) is 0 Å². The number of methoxy groups -OCH3 is 2. The molecule has 2 amide bonds. The number of hydrazine groups is 2. The number of carbonyl (C=O) groups excluding carboxylic acids is 2. The topological polar surface area (TPSA) is 123 Å². The Morgan fingerprint density at radius 2 is 1.79 bits per heavy atom. The lowest BCUT2D eigenvalue weighted by atomic mass is 10.1. The van der Waals surface area contributed by atoms with Gasteiger partial charge in [0.2, 0.25) is 0 Å². The van der Waals surface area contributed by atoms with Crippen molar-refractivity contribution < 1.29 is 19.1 Å². The van der Waals surface area contributed by atoms with Crippen molar-refractivity contribution in [1.82, 2.24) is 20.0 Å². The van der Waals surface area contributed by atoms with Crippen molar-refractivity contribution in [2.75, 3.05) is 19.6 Å². The number of nitrogen functional groups attached to an aromatic ring is 1. The van der Waals surface area contributed by atoms with Crippen molar-refractivity contribution in [1.29, 1.82) is 0 Å². The Hall–Kier alpha value is -2.66. The second-order valence-electron chi connectivity index (χ2n) is 5.00. The Balaban J connectivity index is 2.15. The van der Waals surface area contributed by atoms with Gasteiger partial charge in [-0.3, -0.25) is 0 Å². The SMILES string of the molecule is COC(=O)N1Cc2sc3nc(C)nc(NN)c3c2CN1C(=O)OC. The first-order valence-corrected chi connectivity index (χ1v) is 7.78. The van der Waals surface area contributed by atoms with Crippen LogP contribution in [0.25, 0.3) is 10.2 Å². The highest BCUT2D eigenvalue weighted by Crippen LogP contribution is 2.38. The average Bonchev–Trinajstić information content (AvgIpc) is 2.95. The van der Waals surface area contributed by atoms with E-state index in [2.05, 4.69) is 15.4 Å². The maximum absolute atomic E-state index is 12.1. The van der Waals surface area contributed by atoms with E-state index in [0.717, 1.165) is 20.7 Å². The maximum Gasteiger partial charge on any atom is 0.429 e. The summed E-state index contributed by atoms with van der Waals surface area (Å²) in [4.78, 5) is 34.4. The molecule has 3 heterocycles. The number of anilines is 1. The summed E-state index contributed by atoms with van der Waals surface area (Å²) in [5.41, 5.74) is 3.39. The van der Waals surface area contributed by atoms with Gasteiger partial charge in [0.1, 0.15) is 10.7 Å². The normalized spacial score (nSPS) is 13.7. The third kappa shape index (κ3) is 2.47. The van der Waals surface area contributed by atoms with Crippen LogP contribution in [-0.4, -0.2) is 46.4 Å². The molecule has 0 saturated carbocycles. The summed E-state index contributed by atoms with van der Waals surface area (Å²) < 4.78 is 9.51. The third-order valence-corrected chi connectivity index (χ3v) is 4.76. The van der Waals surface area contributed by atoms with Crippen LogP contribution >= 0.6 is 11.3 Å². The van der Waals surface area contributed by atoms with E-state index >= 15 is 0 Å². The van der Waals surface area contributed by atoms with Gasteiger partial charge in [0.25, 0.3) is 0 Å².